The van der Waals surface area contributed by atoms with E-state index in [9.17, 15) is 18.0 Å². The second-order valence-electron chi connectivity index (χ2n) is 5.78. The van der Waals surface area contributed by atoms with E-state index in [1.165, 1.54) is 48.5 Å². The first-order valence-corrected chi connectivity index (χ1v) is 10.0. The number of carbonyl (C=O) groups excluding carboxylic acids is 2. The Balaban J connectivity index is 1.99. The topological polar surface area (TPSA) is 163 Å². The number of carbonyl (C=O) groups is 2. The van der Waals surface area contributed by atoms with Crippen molar-refractivity contribution in [3.8, 4) is 11.5 Å². The predicted molar refractivity (Wildman–Crippen MR) is 103 cm³/mol. The molecule has 6 N–H and O–H groups in total. The lowest BCUT2D eigenvalue weighted by atomic mass is 10.3. The summed E-state index contributed by atoms with van der Waals surface area (Å²) in [4.78, 5) is 22.3. The summed E-state index contributed by atoms with van der Waals surface area (Å²) in [7, 11) is -3.72. The zero-order chi connectivity index (χ0) is 21.3. The Bertz CT molecular complexity index is 858. The Hall–Kier alpha value is -3.15. The second-order valence-corrected chi connectivity index (χ2v) is 7.73. The number of hydrazine groups is 2. The molecular formula is C18H22N4O6S. The minimum Gasteiger partial charge on any atom is -0.493 e. The number of ether oxygens (including phenoxy) is 2. The zero-order valence-corrected chi connectivity index (χ0v) is 16.3. The van der Waals surface area contributed by atoms with Crippen LogP contribution < -0.4 is 32.0 Å². The van der Waals surface area contributed by atoms with Gasteiger partial charge in [0.1, 0.15) is 11.5 Å². The van der Waals surface area contributed by atoms with Gasteiger partial charge in [0.05, 0.1) is 35.8 Å². The molecule has 0 aliphatic rings. The molecule has 2 aromatic carbocycles. The first kappa shape index (κ1) is 22.1. The molecule has 0 aliphatic carbocycles. The van der Waals surface area contributed by atoms with Crippen LogP contribution in [0.2, 0.25) is 0 Å². The lowest BCUT2D eigenvalue weighted by molar-refractivity contribution is -0.122. The smallest absolute Gasteiger partial charge is 0.237 e. The molecule has 0 saturated carbocycles. The van der Waals surface area contributed by atoms with Crippen LogP contribution in [0.4, 0.5) is 0 Å². The van der Waals surface area contributed by atoms with Gasteiger partial charge in [0.15, 0.2) is 0 Å². The minimum atomic E-state index is -3.72. The third-order valence-electron chi connectivity index (χ3n) is 3.79. The third kappa shape index (κ3) is 6.45. The molecule has 0 aromatic heterocycles. The maximum atomic E-state index is 12.7. The van der Waals surface area contributed by atoms with Crippen LogP contribution in [0, 0.1) is 0 Å². The highest BCUT2D eigenvalue weighted by Crippen LogP contribution is 2.25. The van der Waals surface area contributed by atoms with Crippen LogP contribution in [-0.4, -0.2) is 33.4 Å². The highest BCUT2D eigenvalue weighted by atomic mass is 32.2. The molecule has 0 fully saturated rings. The molecule has 156 valence electrons. The lowest BCUT2D eigenvalue weighted by Crippen LogP contribution is -2.31. The minimum absolute atomic E-state index is 0.0852. The van der Waals surface area contributed by atoms with Gasteiger partial charge >= 0.3 is 0 Å². The van der Waals surface area contributed by atoms with E-state index in [4.69, 9.17) is 21.2 Å². The highest BCUT2D eigenvalue weighted by molar-refractivity contribution is 7.91. The van der Waals surface area contributed by atoms with Crippen LogP contribution in [0.15, 0.2) is 58.3 Å². The fourth-order valence-corrected chi connectivity index (χ4v) is 3.49. The van der Waals surface area contributed by atoms with Crippen LogP contribution >= 0.6 is 0 Å². The summed E-state index contributed by atoms with van der Waals surface area (Å²) in [6.45, 7) is 0.229. The van der Waals surface area contributed by atoms with Crippen molar-refractivity contribution in [2.45, 2.75) is 22.6 Å². The van der Waals surface area contributed by atoms with Crippen molar-refractivity contribution in [2.24, 2.45) is 11.7 Å². The molecule has 10 nitrogen and oxygen atoms in total. The number of sulfone groups is 1. The normalized spacial score (nSPS) is 10.8. The number of benzene rings is 2. The predicted octanol–water partition coefficient (Wildman–Crippen LogP) is 0.0370. The van der Waals surface area contributed by atoms with Gasteiger partial charge in [-0.3, -0.25) is 20.4 Å². The van der Waals surface area contributed by atoms with Crippen molar-refractivity contribution in [3.05, 3.63) is 48.5 Å². The average molecular weight is 422 g/mol. The summed E-state index contributed by atoms with van der Waals surface area (Å²) in [6, 6.07) is 11.7. The number of nitrogens with two attached hydrogens (primary N) is 2. The average Bonchev–Trinajstić information content (AvgIpc) is 2.74. The summed E-state index contributed by atoms with van der Waals surface area (Å²) in [5.41, 5.74) is 3.98. The van der Waals surface area contributed by atoms with E-state index in [0.717, 1.165) is 0 Å². The number of hydrogen-bond donors (Lipinski definition) is 4. The van der Waals surface area contributed by atoms with Crippen LogP contribution in [-0.2, 0) is 19.4 Å². The number of amides is 2. The van der Waals surface area contributed by atoms with Gasteiger partial charge < -0.3 is 9.47 Å². The maximum absolute atomic E-state index is 12.7. The van der Waals surface area contributed by atoms with Gasteiger partial charge in [-0.2, -0.15) is 0 Å². The van der Waals surface area contributed by atoms with Crippen LogP contribution in [0.1, 0.15) is 12.8 Å². The lowest BCUT2D eigenvalue weighted by Gasteiger charge is -2.09. The summed E-state index contributed by atoms with van der Waals surface area (Å²) >= 11 is 0. The van der Waals surface area contributed by atoms with Gasteiger partial charge in [0.2, 0.25) is 21.7 Å². The van der Waals surface area contributed by atoms with E-state index in [0.29, 0.717) is 11.5 Å². The molecule has 0 spiro atoms. The summed E-state index contributed by atoms with van der Waals surface area (Å²) in [6.07, 6.45) is 0.170. The first-order valence-electron chi connectivity index (χ1n) is 8.56. The Morgan fingerprint density at radius 1 is 0.724 bits per heavy atom. The largest absolute Gasteiger partial charge is 0.493 e. The fourth-order valence-electron chi connectivity index (χ4n) is 2.23. The van der Waals surface area contributed by atoms with E-state index in [2.05, 4.69) is 0 Å². The zero-order valence-electron chi connectivity index (χ0n) is 15.5. The van der Waals surface area contributed by atoms with Crippen molar-refractivity contribution in [3.63, 3.8) is 0 Å². The van der Waals surface area contributed by atoms with Gasteiger partial charge in [-0.1, -0.05) is 0 Å². The van der Waals surface area contributed by atoms with E-state index in [-0.39, 0.29) is 47.7 Å². The molecule has 0 atom stereocenters. The molecular weight excluding hydrogens is 400 g/mol. The molecule has 0 radical (unpaired) electrons. The van der Waals surface area contributed by atoms with Gasteiger partial charge in [0.25, 0.3) is 0 Å². The summed E-state index contributed by atoms with van der Waals surface area (Å²) in [5, 5.41) is 0. The van der Waals surface area contributed by atoms with Crippen LogP contribution in [0.25, 0.3) is 0 Å². The Morgan fingerprint density at radius 2 is 1.07 bits per heavy atom. The molecule has 2 aromatic rings. The molecule has 0 unspecified atom stereocenters. The van der Waals surface area contributed by atoms with Crippen LogP contribution in [0.3, 0.4) is 0 Å². The van der Waals surface area contributed by atoms with Crippen molar-refractivity contribution in [2.75, 3.05) is 13.2 Å². The van der Waals surface area contributed by atoms with Gasteiger partial charge in [-0.25, -0.2) is 20.1 Å². The molecule has 0 bridgehead atoms. The number of hydrogen-bond acceptors (Lipinski definition) is 8. The Kier molecular flexibility index (Phi) is 7.95. The Morgan fingerprint density at radius 3 is 1.38 bits per heavy atom. The van der Waals surface area contributed by atoms with E-state index >= 15 is 0 Å². The SMILES string of the molecule is NNC(=O)CCOc1ccc(S(=O)(=O)c2ccc(OCCC(=O)NN)cc2)cc1. The molecule has 11 heteroatoms. The third-order valence-corrected chi connectivity index (χ3v) is 5.57. The highest BCUT2D eigenvalue weighted by Gasteiger charge is 2.17. The molecule has 29 heavy (non-hydrogen) atoms. The molecule has 0 saturated heterocycles. The maximum Gasteiger partial charge on any atom is 0.237 e. The van der Waals surface area contributed by atoms with Gasteiger partial charge in [-0.05, 0) is 48.5 Å². The molecule has 0 aliphatic heterocycles. The van der Waals surface area contributed by atoms with E-state index in [1.807, 2.05) is 10.9 Å². The number of rotatable bonds is 10. The first-order chi connectivity index (χ1) is 13.9. The standard InChI is InChI=1S/C18H22N4O6S/c19-21-17(23)9-11-27-13-1-5-15(6-2-13)29(25,26)16-7-3-14(4-8-16)28-12-10-18(24)22-20/h1-8H,9-12,19-20H2,(H,21,23)(H,22,24). The molecule has 2 amide bonds. The van der Waals surface area contributed by atoms with Gasteiger partial charge in [0, 0.05) is 0 Å². The van der Waals surface area contributed by atoms with Crippen molar-refractivity contribution >= 4 is 21.7 Å². The summed E-state index contributed by atoms with van der Waals surface area (Å²) < 4.78 is 36.2. The monoisotopic (exact) mass is 422 g/mol. The second kappa shape index (κ2) is 10.4. The molecule has 2 rings (SSSR count). The van der Waals surface area contributed by atoms with E-state index < -0.39 is 9.84 Å². The quantitative estimate of drug-likeness (QED) is 0.237. The summed E-state index contributed by atoms with van der Waals surface area (Å²) in [5.74, 6) is 10.1. The van der Waals surface area contributed by atoms with Crippen molar-refractivity contribution in [1.82, 2.24) is 10.9 Å². The van der Waals surface area contributed by atoms with Crippen molar-refractivity contribution in [1.29, 1.82) is 0 Å². The van der Waals surface area contributed by atoms with Gasteiger partial charge in [-0.15, -0.1) is 0 Å². The van der Waals surface area contributed by atoms with Crippen molar-refractivity contribution < 1.29 is 27.5 Å². The number of nitrogens with one attached hydrogen (secondary N) is 2. The van der Waals surface area contributed by atoms with Crippen LogP contribution in [0.5, 0.6) is 11.5 Å². The Labute approximate surface area is 168 Å². The fraction of sp³-hybridized carbons (Fsp3) is 0.222. The molecule has 0 heterocycles. The van der Waals surface area contributed by atoms with E-state index in [1.54, 1.807) is 0 Å².